The van der Waals surface area contributed by atoms with Crippen molar-refractivity contribution in [3.63, 3.8) is 0 Å². The molecule has 0 atom stereocenters. The van der Waals surface area contributed by atoms with Gasteiger partial charge in [-0.05, 0) is 168 Å². The summed E-state index contributed by atoms with van der Waals surface area (Å²) < 4.78 is 4.92. The Bertz CT molecular complexity index is 3950. The Morgan fingerprint density at radius 2 is 0.566 bits per heavy atom. The molecule has 0 fully saturated rings. The van der Waals surface area contributed by atoms with Crippen LogP contribution in [0.3, 0.4) is 0 Å². The van der Waals surface area contributed by atoms with Crippen LogP contribution in [0.4, 0.5) is 34.1 Å². The van der Waals surface area contributed by atoms with Crippen molar-refractivity contribution >= 4 is 89.1 Å². The summed E-state index contributed by atoms with van der Waals surface area (Å²) in [5, 5.41) is 5.01. The number of hydrogen-bond acceptors (Lipinski definition) is 2. The molecule has 0 bridgehead atoms. The number of aromatic nitrogens is 2. The summed E-state index contributed by atoms with van der Waals surface area (Å²) in [5.74, 6) is 0. The van der Waals surface area contributed by atoms with Gasteiger partial charge >= 0.3 is 0 Å². The van der Waals surface area contributed by atoms with Crippen molar-refractivity contribution in [1.82, 2.24) is 9.13 Å². The highest BCUT2D eigenvalue weighted by atomic mass is 15.1. The van der Waals surface area contributed by atoms with E-state index in [-0.39, 0.29) is 0 Å². The van der Waals surface area contributed by atoms with Gasteiger partial charge in [0.25, 0.3) is 0 Å². The Morgan fingerprint density at radius 1 is 0.263 bits per heavy atom. The third-order valence-corrected chi connectivity index (χ3v) is 15.4. The first-order valence-corrected chi connectivity index (χ1v) is 26.6. The molecule has 2 aliphatic rings. The van der Waals surface area contributed by atoms with Crippen LogP contribution in [0.5, 0.6) is 0 Å². The molecule has 362 valence electrons. The topological polar surface area (TPSA) is 16.3 Å². The zero-order valence-corrected chi connectivity index (χ0v) is 42.2. The van der Waals surface area contributed by atoms with Gasteiger partial charge in [-0.2, -0.15) is 0 Å². The maximum atomic E-state index is 2.46. The van der Waals surface area contributed by atoms with E-state index in [1.54, 1.807) is 0 Å². The molecule has 10 aromatic carbocycles. The summed E-state index contributed by atoms with van der Waals surface area (Å²) in [6.45, 7) is 0. The molecule has 0 amide bonds. The molecule has 0 unspecified atom stereocenters. The van der Waals surface area contributed by atoms with Gasteiger partial charge in [0.2, 0.25) is 0 Å². The minimum Gasteiger partial charge on any atom is -0.313 e. The van der Waals surface area contributed by atoms with Crippen LogP contribution in [0.1, 0.15) is 25.7 Å². The van der Waals surface area contributed by atoms with Gasteiger partial charge in [0.15, 0.2) is 0 Å². The van der Waals surface area contributed by atoms with Crippen LogP contribution in [0, 0.1) is 0 Å². The van der Waals surface area contributed by atoms with Crippen molar-refractivity contribution in [3.8, 4) is 33.4 Å². The number of rotatable bonds is 11. The number of anilines is 6. The quantitative estimate of drug-likeness (QED) is 0.128. The van der Waals surface area contributed by atoms with Gasteiger partial charge < -0.3 is 18.9 Å². The minimum atomic E-state index is 1.02. The maximum absolute atomic E-state index is 2.46. The smallest absolute Gasteiger partial charge is 0.0539 e. The van der Waals surface area contributed by atoms with Crippen LogP contribution in [-0.4, -0.2) is 9.13 Å². The van der Waals surface area contributed by atoms with Gasteiger partial charge in [0.1, 0.15) is 0 Å². The number of para-hydroxylation sites is 2. The molecule has 76 heavy (non-hydrogen) atoms. The van der Waals surface area contributed by atoms with Crippen molar-refractivity contribution in [2.24, 2.45) is 0 Å². The van der Waals surface area contributed by atoms with Gasteiger partial charge in [0.05, 0.1) is 22.1 Å². The predicted octanol–water partition coefficient (Wildman–Crippen LogP) is 20.2. The fourth-order valence-electron chi connectivity index (χ4n) is 11.7. The van der Waals surface area contributed by atoms with Gasteiger partial charge in [0, 0.05) is 67.1 Å². The van der Waals surface area contributed by atoms with E-state index in [0.29, 0.717) is 0 Å². The van der Waals surface area contributed by atoms with E-state index >= 15 is 0 Å². The standard InChI is InChI=1S/C72H54N4/c1-5-17-51(18-6-1)53-29-37-59(38-30-53)73(63-45-47-71-67(49-63)65-25-13-15-27-69(65)75(71)57-21-9-3-10-22-57)61-41-33-55(34-42-61)56-35-43-62(44-36-56)74(60-39-31-54(32-40-60)52-19-7-2-8-20-52)64-46-48-72-68(50-64)66-26-14-16-28-70(66)76(72)58-23-11-4-12-24-58/h1-9,11,13-21,23,25-50H,10,12,22,24H2. The van der Waals surface area contributed by atoms with Gasteiger partial charge in [-0.25, -0.2) is 0 Å². The highest BCUT2D eigenvalue weighted by molar-refractivity contribution is 6.13. The van der Waals surface area contributed by atoms with Crippen molar-refractivity contribution < 1.29 is 0 Å². The van der Waals surface area contributed by atoms with Crippen molar-refractivity contribution in [3.05, 3.63) is 279 Å². The molecule has 2 heterocycles. The lowest BCUT2D eigenvalue weighted by molar-refractivity contribution is 0.979. The normalized spacial score (nSPS) is 13.4. The van der Waals surface area contributed by atoms with Crippen LogP contribution >= 0.6 is 0 Å². The number of hydrogen-bond donors (Lipinski definition) is 0. The Morgan fingerprint density at radius 3 is 0.908 bits per heavy atom. The first kappa shape index (κ1) is 45.0. The van der Waals surface area contributed by atoms with Crippen LogP contribution in [0.15, 0.2) is 279 Å². The maximum Gasteiger partial charge on any atom is 0.0539 e. The van der Waals surface area contributed by atoms with Crippen molar-refractivity contribution in [2.45, 2.75) is 25.7 Å². The SMILES string of the molecule is C1=CCCC(n2c3ccccc3c3cc(N(c4ccc(-c5ccccc5)cc4)c4ccc(-c5ccc(N(c6ccc(-c7ccccc7)cc6)c6ccc7c(c6)c6ccccc6n7C6=CC=CCC6)cc5)cc4)ccc32)=C1. The Balaban J connectivity index is 0.838. The van der Waals surface area contributed by atoms with E-state index in [1.165, 1.54) is 77.3 Å². The molecule has 4 nitrogen and oxygen atoms in total. The van der Waals surface area contributed by atoms with Crippen LogP contribution in [0.25, 0.3) is 88.4 Å². The predicted molar refractivity (Wildman–Crippen MR) is 323 cm³/mol. The second-order valence-corrected chi connectivity index (χ2v) is 19.9. The summed E-state index contributed by atoms with van der Waals surface area (Å²) in [6.07, 6.45) is 17.6. The van der Waals surface area contributed by atoms with Crippen molar-refractivity contribution in [2.75, 3.05) is 9.80 Å². The second-order valence-electron chi connectivity index (χ2n) is 19.9. The summed E-state index contributed by atoms with van der Waals surface area (Å²) in [5.41, 5.74) is 21.3. The van der Waals surface area contributed by atoms with E-state index in [9.17, 15) is 0 Å². The largest absolute Gasteiger partial charge is 0.313 e. The van der Waals surface area contributed by atoms with Gasteiger partial charge in [-0.3, -0.25) is 0 Å². The highest BCUT2D eigenvalue weighted by Gasteiger charge is 2.21. The van der Waals surface area contributed by atoms with Gasteiger partial charge in [-0.1, -0.05) is 170 Å². The molecule has 14 rings (SSSR count). The van der Waals surface area contributed by atoms with E-state index < -0.39 is 0 Å². The summed E-state index contributed by atoms with van der Waals surface area (Å²) >= 11 is 0. The molecule has 0 radical (unpaired) electrons. The third kappa shape index (κ3) is 8.12. The molecule has 0 N–H and O–H groups in total. The second kappa shape index (κ2) is 19.3. The average molecular weight is 975 g/mol. The molecular weight excluding hydrogens is 921 g/mol. The van der Waals surface area contributed by atoms with Crippen LogP contribution < -0.4 is 9.80 Å². The Hall–Kier alpha value is -9.64. The first-order valence-electron chi connectivity index (χ1n) is 26.6. The summed E-state index contributed by atoms with van der Waals surface area (Å²) in [6, 6.07) is 89.0. The fourth-order valence-corrected chi connectivity index (χ4v) is 11.7. The highest BCUT2D eigenvalue weighted by Crippen LogP contribution is 2.44. The molecular formula is C72H54N4. The lowest BCUT2D eigenvalue weighted by atomic mass is 10.0. The third-order valence-electron chi connectivity index (χ3n) is 15.4. The number of nitrogens with zero attached hydrogens (tertiary/aromatic N) is 4. The molecule has 2 aliphatic carbocycles. The Kier molecular flexibility index (Phi) is 11.4. The molecule has 0 spiro atoms. The van der Waals surface area contributed by atoms with E-state index in [0.717, 1.165) is 70.9 Å². The van der Waals surface area contributed by atoms with E-state index in [2.05, 4.69) is 298 Å². The summed E-state index contributed by atoms with van der Waals surface area (Å²) in [7, 11) is 0. The zero-order valence-electron chi connectivity index (χ0n) is 42.2. The summed E-state index contributed by atoms with van der Waals surface area (Å²) in [4.78, 5) is 4.79. The fraction of sp³-hybridized carbons (Fsp3) is 0.0556. The number of allylic oxidation sites excluding steroid dienone is 8. The minimum absolute atomic E-state index is 1.02. The Labute approximate surface area is 444 Å². The number of benzene rings is 10. The molecule has 0 saturated carbocycles. The van der Waals surface area contributed by atoms with E-state index in [1.807, 2.05) is 0 Å². The lowest BCUT2D eigenvalue weighted by Crippen LogP contribution is -2.10. The first-order chi connectivity index (χ1) is 37.7. The molecule has 0 saturated heterocycles. The molecule has 12 aromatic rings. The average Bonchev–Trinajstić information content (AvgIpc) is 4.02. The molecule has 2 aromatic heterocycles. The van der Waals surface area contributed by atoms with Crippen LogP contribution in [-0.2, 0) is 0 Å². The zero-order chi connectivity index (χ0) is 50.4. The van der Waals surface area contributed by atoms with E-state index in [4.69, 9.17) is 0 Å². The molecule has 4 heteroatoms. The molecule has 0 aliphatic heterocycles. The number of fused-ring (bicyclic) bond motifs is 6. The lowest BCUT2D eigenvalue weighted by Gasteiger charge is -2.27. The van der Waals surface area contributed by atoms with Crippen LogP contribution in [0.2, 0.25) is 0 Å². The van der Waals surface area contributed by atoms with Crippen molar-refractivity contribution in [1.29, 1.82) is 0 Å². The monoisotopic (exact) mass is 974 g/mol. The van der Waals surface area contributed by atoms with Gasteiger partial charge in [-0.15, -0.1) is 0 Å².